The van der Waals surface area contributed by atoms with Crippen molar-refractivity contribution in [2.45, 2.75) is 45.1 Å². The maximum absolute atomic E-state index is 12.2. The van der Waals surface area contributed by atoms with Crippen LogP contribution in [0.15, 0.2) is 0 Å². The zero-order valence-electron chi connectivity index (χ0n) is 11.3. The Labute approximate surface area is 104 Å². The van der Waals surface area contributed by atoms with E-state index in [4.69, 9.17) is 4.74 Å². The molecule has 0 aromatic heterocycles. The van der Waals surface area contributed by atoms with Crippen LogP contribution in [0, 0.1) is 5.92 Å². The molecule has 4 nitrogen and oxygen atoms in total. The third-order valence-corrected chi connectivity index (χ3v) is 3.92. The van der Waals surface area contributed by atoms with Crippen LogP contribution in [0.1, 0.15) is 39.5 Å². The summed E-state index contributed by atoms with van der Waals surface area (Å²) in [4.78, 5) is 12.2. The van der Waals surface area contributed by atoms with Gasteiger partial charge in [-0.1, -0.05) is 26.7 Å². The number of nitrogens with one attached hydrogen (secondary N) is 2. The van der Waals surface area contributed by atoms with Crippen molar-refractivity contribution in [2.75, 3.05) is 26.7 Å². The van der Waals surface area contributed by atoms with Crippen LogP contribution in [0.3, 0.4) is 0 Å². The van der Waals surface area contributed by atoms with Crippen LogP contribution in [0.2, 0.25) is 0 Å². The lowest BCUT2D eigenvalue weighted by Gasteiger charge is -2.35. The third kappa shape index (κ3) is 3.68. The minimum Gasteiger partial charge on any atom is -0.368 e. The zero-order chi connectivity index (χ0) is 12.7. The number of piperidine rings is 1. The Hall–Kier alpha value is -0.610. The molecule has 17 heavy (non-hydrogen) atoms. The molecule has 0 unspecified atom stereocenters. The number of rotatable bonds is 6. The van der Waals surface area contributed by atoms with Crippen LogP contribution < -0.4 is 10.6 Å². The first-order valence-corrected chi connectivity index (χ1v) is 6.72. The van der Waals surface area contributed by atoms with Gasteiger partial charge in [-0.15, -0.1) is 0 Å². The van der Waals surface area contributed by atoms with Gasteiger partial charge >= 0.3 is 0 Å². The lowest BCUT2D eigenvalue weighted by atomic mass is 9.90. The van der Waals surface area contributed by atoms with E-state index in [1.54, 1.807) is 7.11 Å². The van der Waals surface area contributed by atoms with Gasteiger partial charge in [0, 0.05) is 13.7 Å². The Kier molecular flexibility index (Phi) is 5.92. The number of hydrogen-bond acceptors (Lipinski definition) is 3. The van der Waals surface area contributed by atoms with Crippen molar-refractivity contribution >= 4 is 5.91 Å². The first-order chi connectivity index (χ1) is 8.18. The molecule has 0 atom stereocenters. The second-order valence-corrected chi connectivity index (χ2v) is 4.84. The standard InChI is InChI=1S/C13H26N2O2/c1-4-11(5-2)10-15-12(16)13(17-3)6-8-14-9-7-13/h11,14H,4-10H2,1-3H3,(H,15,16). The number of ether oxygens (including phenoxy) is 1. The Morgan fingerprint density at radius 1 is 1.35 bits per heavy atom. The van der Waals surface area contributed by atoms with Crippen molar-refractivity contribution in [3.8, 4) is 0 Å². The van der Waals surface area contributed by atoms with Crippen molar-refractivity contribution in [1.82, 2.24) is 10.6 Å². The van der Waals surface area contributed by atoms with Crippen molar-refractivity contribution in [2.24, 2.45) is 5.92 Å². The van der Waals surface area contributed by atoms with Gasteiger partial charge in [-0.05, 0) is 31.8 Å². The molecule has 0 saturated carbocycles. The van der Waals surface area contributed by atoms with Crippen molar-refractivity contribution in [3.63, 3.8) is 0 Å². The summed E-state index contributed by atoms with van der Waals surface area (Å²) in [5, 5.41) is 6.31. The first kappa shape index (κ1) is 14.5. The highest BCUT2D eigenvalue weighted by Crippen LogP contribution is 2.22. The van der Waals surface area contributed by atoms with Crippen LogP contribution in [0.4, 0.5) is 0 Å². The fraction of sp³-hybridized carbons (Fsp3) is 0.923. The Bertz CT molecular complexity index is 234. The smallest absolute Gasteiger partial charge is 0.252 e. The van der Waals surface area contributed by atoms with Gasteiger partial charge in [0.1, 0.15) is 5.60 Å². The van der Waals surface area contributed by atoms with E-state index in [0.717, 1.165) is 45.3 Å². The number of carbonyl (C=O) groups is 1. The SMILES string of the molecule is CCC(CC)CNC(=O)C1(OC)CCNCC1. The number of hydrogen-bond donors (Lipinski definition) is 2. The number of amides is 1. The van der Waals surface area contributed by atoms with Gasteiger partial charge in [-0.3, -0.25) is 4.79 Å². The highest BCUT2D eigenvalue weighted by molar-refractivity contribution is 5.85. The minimum absolute atomic E-state index is 0.0633. The lowest BCUT2D eigenvalue weighted by Crippen LogP contribution is -2.54. The fourth-order valence-electron chi connectivity index (χ4n) is 2.33. The van der Waals surface area contributed by atoms with Gasteiger partial charge in [0.2, 0.25) is 0 Å². The first-order valence-electron chi connectivity index (χ1n) is 6.72. The van der Waals surface area contributed by atoms with E-state index >= 15 is 0 Å². The molecule has 1 aliphatic rings. The highest BCUT2D eigenvalue weighted by atomic mass is 16.5. The highest BCUT2D eigenvalue weighted by Gasteiger charge is 2.39. The molecule has 1 rings (SSSR count). The van der Waals surface area contributed by atoms with Crippen LogP contribution in [0.25, 0.3) is 0 Å². The second kappa shape index (κ2) is 6.97. The number of methoxy groups -OCH3 is 1. The summed E-state index contributed by atoms with van der Waals surface area (Å²) in [6.45, 7) is 6.80. The Morgan fingerprint density at radius 2 is 1.94 bits per heavy atom. The lowest BCUT2D eigenvalue weighted by molar-refractivity contribution is -0.146. The largest absolute Gasteiger partial charge is 0.368 e. The van der Waals surface area contributed by atoms with E-state index in [9.17, 15) is 4.79 Å². The number of carbonyl (C=O) groups excluding carboxylic acids is 1. The molecule has 0 aromatic carbocycles. The molecule has 2 N–H and O–H groups in total. The van der Waals surface area contributed by atoms with Crippen molar-refractivity contribution in [1.29, 1.82) is 0 Å². The predicted octanol–water partition coefficient (Wildman–Crippen LogP) is 1.31. The van der Waals surface area contributed by atoms with E-state index in [1.165, 1.54) is 0 Å². The average Bonchev–Trinajstić information content (AvgIpc) is 2.40. The molecule has 0 aliphatic carbocycles. The summed E-state index contributed by atoms with van der Waals surface area (Å²) in [7, 11) is 1.64. The molecule has 1 aliphatic heterocycles. The van der Waals surface area contributed by atoms with Crippen LogP contribution in [-0.2, 0) is 9.53 Å². The maximum Gasteiger partial charge on any atom is 0.252 e. The van der Waals surface area contributed by atoms with Gasteiger partial charge < -0.3 is 15.4 Å². The van der Waals surface area contributed by atoms with E-state index < -0.39 is 5.60 Å². The quantitative estimate of drug-likeness (QED) is 0.738. The topological polar surface area (TPSA) is 50.4 Å². The average molecular weight is 242 g/mol. The van der Waals surface area contributed by atoms with Crippen molar-refractivity contribution < 1.29 is 9.53 Å². The molecule has 1 heterocycles. The normalized spacial score (nSPS) is 19.3. The Morgan fingerprint density at radius 3 is 2.41 bits per heavy atom. The van der Waals surface area contributed by atoms with E-state index in [1.807, 2.05) is 0 Å². The predicted molar refractivity (Wildman–Crippen MR) is 68.9 cm³/mol. The van der Waals surface area contributed by atoms with E-state index in [0.29, 0.717) is 5.92 Å². The van der Waals surface area contributed by atoms with Gasteiger partial charge in [-0.25, -0.2) is 0 Å². The van der Waals surface area contributed by atoms with Gasteiger partial charge in [-0.2, -0.15) is 0 Å². The summed E-state index contributed by atoms with van der Waals surface area (Å²) in [6, 6.07) is 0. The molecule has 0 spiro atoms. The zero-order valence-corrected chi connectivity index (χ0v) is 11.3. The monoisotopic (exact) mass is 242 g/mol. The van der Waals surface area contributed by atoms with Gasteiger partial charge in [0.05, 0.1) is 0 Å². The summed E-state index contributed by atoms with van der Waals surface area (Å²) in [6.07, 6.45) is 3.74. The molecule has 1 saturated heterocycles. The van der Waals surface area contributed by atoms with Crippen LogP contribution in [0.5, 0.6) is 0 Å². The van der Waals surface area contributed by atoms with Crippen LogP contribution >= 0.6 is 0 Å². The summed E-state index contributed by atoms with van der Waals surface area (Å²) >= 11 is 0. The molecule has 0 bridgehead atoms. The fourth-order valence-corrected chi connectivity index (χ4v) is 2.33. The molecular weight excluding hydrogens is 216 g/mol. The third-order valence-electron chi connectivity index (χ3n) is 3.92. The van der Waals surface area contributed by atoms with E-state index in [-0.39, 0.29) is 5.91 Å². The van der Waals surface area contributed by atoms with Crippen LogP contribution in [-0.4, -0.2) is 38.3 Å². The summed E-state index contributed by atoms with van der Waals surface area (Å²) in [5.41, 5.74) is -0.600. The molecule has 100 valence electrons. The molecule has 1 fully saturated rings. The summed E-state index contributed by atoms with van der Waals surface area (Å²) < 4.78 is 5.49. The van der Waals surface area contributed by atoms with Gasteiger partial charge in [0.15, 0.2) is 0 Å². The Balaban J connectivity index is 2.48. The second-order valence-electron chi connectivity index (χ2n) is 4.84. The molecule has 0 radical (unpaired) electrons. The van der Waals surface area contributed by atoms with E-state index in [2.05, 4.69) is 24.5 Å². The van der Waals surface area contributed by atoms with Gasteiger partial charge in [0.25, 0.3) is 5.91 Å². The molecular formula is C13H26N2O2. The molecule has 1 amide bonds. The minimum atomic E-state index is -0.600. The maximum atomic E-state index is 12.2. The molecule has 0 aromatic rings. The molecule has 4 heteroatoms. The van der Waals surface area contributed by atoms with Crippen molar-refractivity contribution in [3.05, 3.63) is 0 Å². The summed E-state index contributed by atoms with van der Waals surface area (Å²) in [5.74, 6) is 0.642.